The molecule has 1 amide bonds. The molecule has 1 heterocycles. The van der Waals surface area contributed by atoms with Crippen LogP contribution < -0.4 is 10.6 Å². The van der Waals surface area contributed by atoms with Gasteiger partial charge in [-0.2, -0.15) is 0 Å². The van der Waals surface area contributed by atoms with Crippen LogP contribution >= 0.6 is 0 Å². The lowest BCUT2D eigenvalue weighted by Crippen LogP contribution is -2.51. The van der Waals surface area contributed by atoms with Gasteiger partial charge in [0.15, 0.2) is 0 Å². The molecule has 4 nitrogen and oxygen atoms in total. The number of carbonyl (C=O) groups excluding carboxylic acids is 1. The van der Waals surface area contributed by atoms with Crippen molar-refractivity contribution in [1.29, 1.82) is 0 Å². The molecule has 0 aromatic heterocycles. The van der Waals surface area contributed by atoms with Crippen LogP contribution in [0.3, 0.4) is 0 Å². The molecule has 1 aliphatic heterocycles. The van der Waals surface area contributed by atoms with Gasteiger partial charge in [0.25, 0.3) is 0 Å². The summed E-state index contributed by atoms with van der Waals surface area (Å²) >= 11 is 0. The van der Waals surface area contributed by atoms with E-state index in [4.69, 9.17) is 4.74 Å². The van der Waals surface area contributed by atoms with Gasteiger partial charge >= 0.3 is 0 Å². The van der Waals surface area contributed by atoms with Gasteiger partial charge in [-0.3, -0.25) is 4.79 Å². The zero-order chi connectivity index (χ0) is 13.8. The highest BCUT2D eigenvalue weighted by atomic mass is 16.5. The molecular formula is C15H28N2O2. The number of carbonyl (C=O) groups is 1. The zero-order valence-corrected chi connectivity index (χ0v) is 12.4. The first-order valence-corrected chi connectivity index (χ1v) is 7.64. The smallest absolute Gasteiger partial charge is 0.228 e. The molecule has 1 aliphatic carbocycles. The molecule has 2 N–H and O–H groups in total. The number of hydrogen-bond donors (Lipinski definition) is 2. The molecule has 1 saturated carbocycles. The van der Waals surface area contributed by atoms with Crippen molar-refractivity contribution in [2.45, 2.75) is 45.4 Å². The van der Waals surface area contributed by atoms with E-state index in [-0.39, 0.29) is 11.3 Å². The lowest BCUT2D eigenvalue weighted by atomic mass is 9.78. The maximum absolute atomic E-state index is 12.6. The molecule has 0 aromatic rings. The summed E-state index contributed by atoms with van der Waals surface area (Å²) in [7, 11) is 1.69. The molecule has 0 radical (unpaired) electrons. The quantitative estimate of drug-likeness (QED) is 0.739. The third-order valence-corrected chi connectivity index (χ3v) is 4.82. The van der Waals surface area contributed by atoms with Gasteiger partial charge in [-0.15, -0.1) is 0 Å². The van der Waals surface area contributed by atoms with E-state index in [1.165, 1.54) is 25.7 Å². The number of piperidine rings is 1. The highest BCUT2D eigenvalue weighted by Gasteiger charge is 2.44. The Morgan fingerprint density at radius 3 is 2.47 bits per heavy atom. The van der Waals surface area contributed by atoms with Crippen LogP contribution in [-0.2, 0) is 9.53 Å². The maximum atomic E-state index is 12.6. The molecule has 19 heavy (non-hydrogen) atoms. The van der Waals surface area contributed by atoms with E-state index in [9.17, 15) is 4.79 Å². The Morgan fingerprint density at radius 2 is 1.95 bits per heavy atom. The van der Waals surface area contributed by atoms with Crippen molar-refractivity contribution in [3.63, 3.8) is 0 Å². The number of methoxy groups -OCH3 is 1. The van der Waals surface area contributed by atoms with Crippen LogP contribution in [0.4, 0.5) is 0 Å². The second-order valence-corrected chi connectivity index (χ2v) is 6.40. The minimum Gasteiger partial charge on any atom is -0.384 e. The summed E-state index contributed by atoms with van der Waals surface area (Å²) in [5.41, 5.74) is 0.119. The van der Waals surface area contributed by atoms with Crippen LogP contribution in [0.1, 0.15) is 45.4 Å². The van der Waals surface area contributed by atoms with Gasteiger partial charge in [-0.1, -0.05) is 13.3 Å². The van der Waals surface area contributed by atoms with Crippen molar-refractivity contribution in [2.24, 2.45) is 10.8 Å². The molecule has 4 heteroatoms. The molecule has 2 rings (SSSR count). The highest BCUT2D eigenvalue weighted by Crippen LogP contribution is 2.49. The average molecular weight is 268 g/mol. The molecule has 0 unspecified atom stereocenters. The third-order valence-electron chi connectivity index (χ3n) is 4.82. The second-order valence-electron chi connectivity index (χ2n) is 6.40. The number of hydrogen-bond acceptors (Lipinski definition) is 3. The molecule has 2 fully saturated rings. The lowest BCUT2D eigenvalue weighted by Gasteiger charge is -2.36. The van der Waals surface area contributed by atoms with E-state index in [2.05, 4.69) is 17.6 Å². The monoisotopic (exact) mass is 268 g/mol. The van der Waals surface area contributed by atoms with E-state index >= 15 is 0 Å². The minimum atomic E-state index is -0.303. The van der Waals surface area contributed by atoms with Gasteiger partial charge in [-0.25, -0.2) is 0 Å². The molecule has 110 valence electrons. The molecule has 0 aromatic carbocycles. The molecule has 0 spiro atoms. The molecule has 1 saturated heterocycles. The van der Waals surface area contributed by atoms with Crippen LogP contribution in [0.5, 0.6) is 0 Å². The number of amides is 1. The summed E-state index contributed by atoms with van der Waals surface area (Å²) in [5, 5.41) is 6.54. The fraction of sp³-hybridized carbons (Fsp3) is 0.933. The van der Waals surface area contributed by atoms with Gasteiger partial charge < -0.3 is 15.4 Å². The van der Waals surface area contributed by atoms with Gasteiger partial charge in [-0.05, 0) is 50.6 Å². The van der Waals surface area contributed by atoms with E-state index in [0.29, 0.717) is 12.0 Å². The van der Waals surface area contributed by atoms with Gasteiger partial charge in [0.05, 0.1) is 12.0 Å². The Hall–Kier alpha value is -0.610. The summed E-state index contributed by atoms with van der Waals surface area (Å²) in [6.07, 6.45) is 6.77. The lowest BCUT2D eigenvalue weighted by molar-refractivity contribution is -0.136. The molecule has 0 atom stereocenters. The average Bonchev–Trinajstić information content (AvgIpc) is 3.18. The summed E-state index contributed by atoms with van der Waals surface area (Å²) in [4.78, 5) is 12.6. The summed E-state index contributed by atoms with van der Waals surface area (Å²) in [5.74, 6) is 0.207. The Balaban J connectivity index is 1.89. The van der Waals surface area contributed by atoms with Crippen molar-refractivity contribution < 1.29 is 9.53 Å². The number of ether oxygens (including phenoxy) is 1. The first-order chi connectivity index (χ1) is 9.16. The second kappa shape index (κ2) is 6.23. The van der Waals surface area contributed by atoms with Crippen molar-refractivity contribution in [2.75, 3.05) is 33.4 Å². The third kappa shape index (κ3) is 3.48. The Kier molecular flexibility index (Phi) is 4.85. The maximum Gasteiger partial charge on any atom is 0.228 e. The minimum absolute atomic E-state index is 0.207. The first kappa shape index (κ1) is 14.8. The van der Waals surface area contributed by atoms with Crippen LogP contribution in [0.2, 0.25) is 0 Å². The Bertz CT molecular complexity index is 302. The van der Waals surface area contributed by atoms with Crippen molar-refractivity contribution in [1.82, 2.24) is 10.6 Å². The molecule has 2 aliphatic rings. The number of nitrogens with one attached hydrogen (secondary N) is 2. The SMILES string of the molecule is CCCC1(CNC(=O)C2(COC)CCNCC2)CC1. The predicted molar refractivity (Wildman–Crippen MR) is 76.0 cm³/mol. The fourth-order valence-corrected chi connectivity index (χ4v) is 3.30. The molecule has 0 bridgehead atoms. The zero-order valence-electron chi connectivity index (χ0n) is 12.4. The largest absolute Gasteiger partial charge is 0.384 e. The fourth-order valence-electron chi connectivity index (χ4n) is 3.30. The normalized spacial score (nSPS) is 23.9. The van der Waals surface area contributed by atoms with Gasteiger partial charge in [0.2, 0.25) is 5.91 Å². The van der Waals surface area contributed by atoms with E-state index in [1.807, 2.05) is 0 Å². The van der Waals surface area contributed by atoms with Gasteiger partial charge in [0, 0.05) is 13.7 Å². The highest BCUT2D eigenvalue weighted by molar-refractivity contribution is 5.83. The van der Waals surface area contributed by atoms with E-state index in [1.54, 1.807) is 7.11 Å². The van der Waals surface area contributed by atoms with Crippen LogP contribution in [0.25, 0.3) is 0 Å². The van der Waals surface area contributed by atoms with Crippen LogP contribution in [-0.4, -0.2) is 39.3 Å². The molecular weight excluding hydrogens is 240 g/mol. The van der Waals surface area contributed by atoms with Crippen molar-refractivity contribution in [3.05, 3.63) is 0 Å². The summed E-state index contributed by atoms with van der Waals surface area (Å²) < 4.78 is 5.31. The predicted octanol–water partition coefficient (Wildman–Crippen LogP) is 1.70. The number of rotatable bonds is 7. The van der Waals surface area contributed by atoms with Crippen LogP contribution in [0, 0.1) is 10.8 Å². The van der Waals surface area contributed by atoms with E-state index < -0.39 is 0 Å². The topological polar surface area (TPSA) is 50.4 Å². The standard InChI is InChI=1S/C15H28N2O2/c1-3-4-14(5-6-14)11-17-13(18)15(12-19-2)7-9-16-10-8-15/h16H,3-12H2,1-2H3,(H,17,18). The van der Waals surface area contributed by atoms with Crippen molar-refractivity contribution in [3.8, 4) is 0 Å². The van der Waals surface area contributed by atoms with Crippen LogP contribution in [0.15, 0.2) is 0 Å². The summed E-state index contributed by atoms with van der Waals surface area (Å²) in [6.45, 7) is 5.45. The summed E-state index contributed by atoms with van der Waals surface area (Å²) in [6, 6.07) is 0. The van der Waals surface area contributed by atoms with Crippen molar-refractivity contribution >= 4 is 5.91 Å². The Morgan fingerprint density at radius 1 is 1.26 bits per heavy atom. The Labute approximate surface area is 116 Å². The van der Waals surface area contributed by atoms with E-state index in [0.717, 1.165) is 32.5 Å². The van der Waals surface area contributed by atoms with Gasteiger partial charge in [0.1, 0.15) is 0 Å². The first-order valence-electron chi connectivity index (χ1n) is 7.64.